The van der Waals surface area contributed by atoms with Gasteiger partial charge in [0, 0.05) is 26.1 Å². The van der Waals surface area contributed by atoms with Gasteiger partial charge in [0.25, 0.3) is 0 Å². The van der Waals surface area contributed by atoms with E-state index in [-0.39, 0.29) is 5.91 Å². The van der Waals surface area contributed by atoms with Gasteiger partial charge in [-0.15, -0.1) is 0 Å². The molecule has 0 aliphatic carbocycles. The quantitative estimate of drug-likeness (QED) is 0.721. The molecule has 0 aromatic carbocycles. The average molecular weight is 241 g/mol. The molecule has 1 heterocycles. The molecule has 1 rings (SSSR count). The normalized spacial score (nSPS) is 20.2. The Hall–Kier alpha value is -0.610. The summed E-state index contributed by atoms with van der Waals surface area (Å²) in [6, 6.07) is 0. The second-order valence-electron chi connectivity index (χ2n) is 5.15. The first-order valence-corrected chi connectivity index (χ1v) is 6.83. The monoisotopic (exact) mass is 241 g/mol. The van der Waals surface area contributed by atoms with Crippen LogP contribution in [0, 0.1) is 5.92 Å². The van der Waals surface area contributed by atoms with E-state index in [9.17, 15) is 4.79 Å². The zero-order chi connectivity index (χ0) is 12.7. The van der Waals surface area contributed by atoms with Gasteiger partial charge >= 0.3 is 0 Å². The SMILES string of the molecule is CCCN(C)CC1CCN(C(=O)CCCN)C1. The van der Waals surface area contributed by atoms with E-state index in [4.69, 9.17) is 5.73 Å². The smallest absolute Gasteiger partial charge is 0.222 e. The van der Waals surface area contributed by atoms with Crippen molar-refractivity contribution in [2.24, 2.45) is 11.7 Å². The molecule has 0 bridgehead atoms. The molecule has 0 aromatic rings. The van der Waals surface area contributed by atoms with Crippen molar-refractivity contribution in [2.75, 3.05) is 39.8 Å². The molecule has 1 atom stereocenters. The van der Waals surface area contributed by atoms with E-state index in [0.29, 0.717) is 18.9 Å². The molecule has 0 spiro atoms. The van der Waals surface area contributed by atoms with Crippen LogP contribution >= 0.6 is 0 Å². The topological polar surface area (TPSA) is 49.6 Å². The van der Waals surface area contributed by atoms with Crippen molar-refractivity contribution in [3.05, 3.63) is 0 Å². The van der Waals surface area contributed by atoms with E-state index in [1.165, 1.54) is 6.42 Å². The van der Waals surface area contributed by atoms with Crippen molar-refractivity contribution >= 4 is 5.91 Å². The van der Waals surface area contributed by atoms with Crippen LogP contribution in [0.15, 0.2) is 0 Å². The Bertz CT molecular complexity index is 233. The summed E-state index contributed by atoms with van der Waals surface area (Å²) in [6.45, 7) is 6.97. The van der Waals surface area contributed by atoms with Crippen molar-refractivity contribution in [2.45, 2.75) is 32.6 Å². The Kier molecular flexibility index (Phi) is 6.52. The van der Waals surface area contributed by atoms with Gasteiger partial charge in [0.2, 0.25) is 5.91 Å². The van der Waals surface area contributed by atoms with E-state index < -0.39 is 0 Å². The molecule has 1 fully saturated rings. The highest BCUT2D eigenvalue weighted by atomic mass is 16.2. The molecule has 100 valence electrons. The lowest BCUT2D eigenvalue weighted by Gasteiger charge is -2.21. The minimum Gasteiger partial charge on any atom is -0.342 e. The number of carbonyl (C=O) groups excluding carboxylic acids is 1. The van der Waals surface area contributed by atoms with Gasteiger partial charge in [-0.2, -0.15) is 0 Å². The molecule has 2 N–H and O–H groups in total. The largest absolute Gasteiger partial charge is 0.342 e. The van der Waals surface area contributed by atoms with Crippen molar-refractivity contribution in [3.63, 3.8) is 0 Å². The summed E-state index contributed by atoms with van der Waals surface area (Å²) in [7, 11) is 2.17. The summed E-state index contributed by atoms with van der Waals surface area (Å²) in [4.78, 5) is 16.2. The predicted molar refractivity (Wildman–Crippen MR) is 70.8 cm³/mol. The summed E-state index contributed by atoms with van der Waals surface area (Å²) in [5.41, 5.74) is 5.42. The number of carbonyl (C=O) groups is 1. The number of nitrogens with two attached hydrogens (primary N) is 1. The van der Waals surface area contributed by atoms with Crippen molar-refractivity contribution < 1.29 is 4.79 Å². The fourth-order valence-electron chi connectivity index (χ4n) is 2.53. The van der Waals surface area contributed by atoms with Gasteiger partial charge in [-0.05, 0) is 45.3 Å². The highest BCUT2D eigenvalue weighted by Crippen LogP contribution is 2.18. The molecule has 1 saturated heterocycles. The summed E-state index contributed by atoms with van der Waals surface area (Å²) >= 11 is 0. The number of likely N-dealkylation sites (tertiary alicyclic amines) is 1. The van der Waals surface area contributed by atoms with Crippen LogP contribution in [-0.4, -0.2) is 55.5 Å². The first-order valence-electron chi connectivity index (χ1n) is 6.83. The van der Waals surface area contributed by atoms with Gasteiger partial charge in [0.15, 0.2) is 0 Å². The maximum absolute atomic E-state index is 11.8. The maximum Gasteiger partial charge on any atom is 0.222 e. The van der Waals surface area contributed by atoms with E-state index in [2.05, 4.69) is 18.9 Å². The highest BCUT2D eigenvalue weighted by Gasteiger charge is 2.26. The molecule has 0 saturated carbocycles. The Labute approximate surface area is 105 Å². The molecule has 4 heteroatoms. The molecular weight excluding hydrogens is 214 g/mol. The number of hydrogen-bond acceptors (Lipinski definition) is 3. The molecular formula is C13H27N3O. The van der Waals surface area contributed by atoms with Crippen LogP contribution in [-0.2, 0) is 4.79 Å². The lowest BCUT2D eigenvalue weighted by molar-refractivity contribution is -0.130. The predicted octanol–water partition coefficient (Wildman–Crippen LogP) is 0.916. The highest BCUT2D eigenvalue weighted by molar-refractivity contribution is 5.76. The fraction of sp³-hybridized carbons (Fsp3) is 0.923. The fourth-order valence-corrected chi connectivity index (χ4v) is 2.53. The molecule has 1 amide bonds. The Morgan fingerprint density at radius 3 is 2.94 bits per heavy atom. The molecule has 1 aliphatic heterocycles. The molecule has 0 aromatic heterocycles. The maximum atomic E-state index is 11.8. The lowest BCUT2D eigenvalue weighted by atomic mass is 10.1. The second-order valence-corrected chi connectivity index (χ2v) is 5.15. The first-order chi connectivity index (χ1) is 8.17. The van der Waals surface area contributed by atoms with Crippen LogP contribution < -0.4 is 5.73 Å². The summed E-state index contributed by atoms with van der Waals surface area (Å²) in [6.07, 6.45) is 3.79. The second kappa shape index (κ2) is 7.67. The number of hydrogen-bond donors (Lipinski definition) is 1. The summed E-state index contributed by atoms with van der Waals surface area (Å²) in [5.74, 6) is 0.949. The van der Waals surface area contributed by atoms with Gasteiger partial charge in [-0.25, -0.2) is 0 Å². The van der Waals surface area contributed by atoms with Crippen molar-refractivity contribution in [3.8, 4) is 0 Å². The van der Waals surface area contributed by atoms with E-state index in [0.717, 1.165) is 39.0 Å². The van der Waals surface area contributed by atoms with E-state index in [1.807, 2.05) is 4.90 Å². The van der Waals surface area contributed by atoms with E-state index in [1.54, 1.807) is 0 Å². The minimum atomic E-state index is 0.288. The van der Waals surface area contributed by atoms with Crippen LogP contribution in [0.5, 0.6) is 0 Å². The Morgan fingerprint density at radius 1 is 1.53 bits per heavy atom. The Balaban J connectivity index is 2.24. The third-order valence-electron chi connectivity index (χ3n) is 3.41. The summed E-state index contributed by atoms with van der Waals surface area (Å²) < 4.78 is 0. The molecule has 4 nitrogen and oxygen atoms in total. The zero-order valence-electron chi connectivity index (χ0n) is 11.3. The molecule has 1 unspecified atom stereocenters. The van der Waals surface area contributed by atoms with Gasteiger partial charge in [-0.1, -0.05) is 6.92 Å². The first kappa shape index (κ1) is 14.5. The minimum absolute atomic E-state index is 0.288. The van der Waals surface area contributed by atoms with Crippen LogP contribution in [0.3, 0.4) is 0 Å². The lowest BCUT2D eigenvalue weighted by Crippen LogP contribution is -2.32. The number of nitrogens with zero attached hydrogens (tertiary/aromatic N) is 2. The third-order valence-corrected chi connectivity index (χ3v) is 3.41. The zero-order valence-corrected chi connectivity index (χ0v) is 11.3. The van der Waals surface area contributed by atoms with Crippen LogP contribution in [0.2, 0.25) is 0 Å². The van der Waals surface area contributed by atoms with Crippen LogP contribution in [0.25, 0.3) is 0 Å². The average Bonchev–Trinajstić information content (AvgIpc) is 2.74. The number of rotatable bonds is 7. The van der Waals surface area contributed by atoms with Gasteiger partial charge in [-0.3, -0.25) is 4.79 Å². The van der Waals surface area contributed by atoms with Gasteiger partial charge < -0.3 is 15.5 Å². The molecule has 1 aliphatic rings. The molecule has 17 heavy (non-hydrogen) atoms. The van der Waals surface area contributed by atoms with Crippen molar-refractivity contribution in [1.29, 1.82) is 0 Å². The molecule has 0 radical (unpaired) electrons. The van der Waals surface area contributed by atoms with Gasteiger partial charge in [0.05, 0.1) is 0 Å². The van der Waals surface area contributed by atoms with Crippen molar-refractivity contribution in [1.82, 2.24) is 9.80 Å². The Morgan fingerprint density at radius 2 is 2.29 bits per heavy atom. The number of amides is 1. The standard InChI is InChI=1S/C13H27N3O/c1-3-8-15(2)10-12-6-9-16(11-12)13(17)5-4-7-14/h12H,3-11,14H2,1-2H3. The van der Waals surface area contributed by atoms with Crippen LogP contribution in [0.4, 0.5) is 0 Å². The van der Waals surface area contributed by atoms with E-state index >= 15 is 0 Å². The third kappa shape index (κ3) is 5.04. The van der Waals surface area contributed by atoms with Crippen LogP contribution in [0.1, 0.15) is 32.6 Å². The van der Waals surface area contributed by atoms with Gasteiger partial charge in [0.1, 0.15) is 0 Å². The summed E-state index contributed by atoms with van der Waals surface area (Å²) in [5, 5.41) is 0.